The monoisotopic (exact) mass is 171 g/mol. The van der Waals surface area contributed by atoms with Crippen LogP contribution in [0.25, 0.3) is 10.9 Å². The molecule has 0 bridgehead atoms. The van der Waals surface area contributed by atoms with Crippen LogP contribution in [0.1, 0.15) is 16.1 Å². The topological polar surface area (TPSA) is 30.0 Å². The van der Waals surface area contributed by atoms with Gasteiger partial charge in [-0.05, 0) is 24.6 Å². The number of carbonyl (C=O) groups is 1. The lowest BCUT2D eigenvalue weighted by molar-refractivity contribution is 0.111. The van der Waals surface area contributed by atoms with Crippen LogP contribution in [0.3, 0.4) is 0 Å². The summed E-state index contributed by atoms with van der Waals surface area (Å²) in [5, 5.41) is 1.10. The minimum atomic E-state index is 0.484. The van der Waals surface area contributed by atoms with Crippen molar-refractivity contribution in [3.63, 3.8) is 0 Å². The van der Waals surface area contributed by atoms with Gasteiger partial charge < -0.3 is 0 Å². The summed E-state index contributed by atoms with van der Waals surface area (Å²) in [4.78, 5) is 14.7. The number of fused-ring (bicyclic) bond motifs is 1. The van der Waals surface area contributed by atoms with E-state index in [1.165, 1.54) is 5.56 Å². The normalized spacial score (nSPS) is 10.2. The molecule has 0 N–H and O–H groups in total. The van der Waals surface area contributed by atoms with Gasteiger partial charge in [-0.1, -0.05) is 18.2 Å². The van der Waals surface area contributed by atoms with Gasteiger partial charge in [-0.2, -0.15) is 0 Å². The molecule has 0 aliphatic heterocycles. The Morgan fingerprint density at radius 1 is 1.23 bits per heavy atom. The number of hydrogen-bond acceptors (Lipinski definition) is 2. The highest BCUT2D eigenvalue weighted by molar-refractivity contribution is 5.85. The van der Waals surface area contributed by atoms with Crippen LogP contribution in [0, 0.1) is 6.92 Å². The van der Waals surface area contributed by atoms with Crippen LogP contribution < -0.4 is 0 Å². The molecule has 0 aliphatic rings. The Balaban J connectivity index is 2.79. The van der Waals surface area contributed by atoms with Crippen molar-refractivity contribution in [3.8, 4) is 0 Å². The molecule has 0 amide bonds. The van der Waals surface area contributed by atoms with Gasteiger partial charge in [0.2, 0.25) is 0 Å². The average molecular weight is 171 g/mol. The molecular formula is C11H9NO. The number of nitrogens with zero attached hydrogens (tertiary/aromatic N) is 1. The summed E-state index contributed by atoms with van der Waals surface area (Å²) >= 11 is 0. The number of aldehydes is 1. The van der Waals surface area contributed by atoms with Crippen LogP contribution in [0.4, 0.5) is 0 Å². The molecule has 0 aliphatic carbocycles. The number of aromatic nitrogens is 1. The third-order valence-electron chi connectivity index (χ3n) is 2.09. The van der Waals surface area contributed by atoms with Crippen LogP contribution >= 0.6 is 0 Å². The van der Waals surface area contributed by atoms with Crippen LogP contribution in [-0.4, -0.2) is 11.3 Å². The van der Waals surface area contributed by atoms with Crippen molar-refractivity contribution in [1.82, 2.24) is 4.98 Å². The molecular weight excluding hydrogens is 162 g/mol. The Hall–Kier alpha value is -1.70. The molecule has 0 atom stereocenters. The first-order valence-electron chi connectivity index (χ1n) is 4.13. The maximum atomic E-state index is 10.5. The second-order valence-corrected chi connectivity index (χ2v) is 3.00. The molecule has 1 aromatic heterocycles. The van der Waals surface area contributed by atoms with Crippen LogP contribution in [0.5, 0.6) is 0 Å². The highest BCUT2D eigenvalue weighted by Crippen LogP contribution is 2.15. The first-order valence-corrected chi connectivity index (χ1v) is 4.13. The minimum Gasteiger partial charge on any atom is -0.296 e. The fourth-order valence-electron chi connectivity index (χ4n) is 1.39. The van der Waals surface area contributed by atoms with E-state index < -0.39 is 0 Å². The molecule has 2 rings (SSSR count). The fraction of sp³-hybridized carbons (Fsp3) is 0.0909. The number of benzene rings is 1. The Bertz CT molecular complexity index is 463. The van der Waals surface area contributed by atoms with E-state index in [-0.39, 0.29) is 0 Å². The molecule has 1 aromatic carbocycles. The maximum absolute atomic E-state index is 10.5. The zero-order valence-corrected chi connectivity index (χ0v) is 7.32. The molecule has 0 saturated heterocycles. The van der Waals surface area contributed by atoms with Crippen molar-refractivity contribution < 1.29 is 4.79 Å². The molecule has 2 nitrogen and oxygen atoms in total. The van der Waals surface area contributed by atoms with Crippen molar-refractivity contribution in [2.24, 2.45) is 0 Å². The van der Waals surface area contributed by atoms with Gasteiger partial charge in [0.25, 0.3) is 0 Å². The molecule has 64 valence electrons. The number of aryl methyl sites for hydroxylation is 1. The predicted molar refractivity (Wildman–Crippen MR) is 51.9 cm³/mol. The van der Waals surface area contributed by atoms with Crippen LogP contribution in [0.15, 0.2) is 30.3 Å². The Labute approximate surface area is 76.2 Å². The highest BCUT2D eigenvalue weighted by Gasteiger charge is 1.98. The SMILES string of the molecule is Cc1cccc2nc(C=O)ccc12. The number of rotatable bonds is 1. The summed E-state index contributed by atoms with van der Waals surface area (Å²) in [6.45, 7) is 2.03. The van der Waals surface area contributed by atoms with Crippen molar-refractivity contribution >= 4 is 17.2 Å². The smallest absolute Gasteiger partial charge is 0.168 e. The van der Waals surface area contributed by atoms with E-state index in [0.29, 0.717) is 5.69 Å². The zero-order chi connectivity index (χ0) is 9.26. The molecule has 0 unspecified atom stereocenters. The summed E-state index contributed by atoms with van der Waals surface area (Å²) in [6.07, 6.45) is 0.766. The highest BCUT2D eigenvalue weighted by atomic mass is 16.1. The second-order valence-electron chi connectivity index (χ2n) is 3.00. The first kappa shape index (κ1) is 7.92. The van der Waals surface area contributed by atoms with Gasteiger partial charge in [0.05, 0.1) is 5.52 Å². The molecule has 0 saturated carbocycles. The van der Waals surface area contributed by atoms with Crippen LogP contribution in [0.2, 0.25) is 0 Å². The van der Waals surface area contributed by atoms with E-state index in [1.54, 1.807) is 6.07 Å². The average Bonchev–Trinajstić information content (AvgIpc) is 2.18. The molecule has 0 spiro atoms. The Kier molecular flexibility index (Phi) is 1.81. The summed E-state index contributed by atoms with van der Waals surface area (Å²) in [5.74, 6) is 0. The lowest BCUT2D eigenvalue weighted by atomic mass is 10.1. The number of carbonyl (C=O) groups excluding carboxylic acids is 1. The van der Waals surface area contributed by atoms with E-state index in [4.69, 9.17) is 0 Å². The van der Waals surface area contributed by atoms with E-state index in [1.807, 2.05) is 31.2 Å². The third kappa shape index (κ3) is 1.31. The molecule has 1 heterocycles. The largest absolute Gasteiger partial charge is 0.296 e. The Morgan fingerprint density at radius 2 is 2.08 bits per heavy atom. The first-order chi connectivity index (χ1) is 6.31. The fourth-order valence-corrected chi connectivity index (χ4v) is 1.39. The lowest BCUT2D eigenvalue weighted by Crippen LogP contribution is -1.88. The van der Waals surface area contributed by atoms with E-state index in [0.717, 1.165) is 17.2 Å². The van der Waals surface area contributed by atoms with E-state index in [2.05, 4.69) is 4.98 Å². The summed E-state index contributed by atoms with van der Waals surface area (Å²) < 4.78 is 0. The van der Waals surface area contributed by atoms with E-state index >= 15 is 0 Å². The number of pyridine rings is 1. The van der Waals surface area contributed by atoms with Crippen molar-refractivity contribution in [3.05, 3.63) is 41.6 Å². The summed E-state index contributed by atoms with van der Waals surface area (Å²) in [5.41, 5.74) is 2.55. The van der Waals surface area contributed by atoms with Gasteiger partial charge in [-0.3, -0.25) is 4.79 Å². The zero-order valence-electron chi connectivity index (χ0n) is 7.32. The lowest BCUT2D eigenvalue weighted by Gasteiger charge is -2.00. The van der Waals surface area contributed by atoms with Crippen molar-refractivity contribution in [2.45, 2.75) is 6.92 Å². The standard InChI is InChI=1S/C11H9NO/c1-8-3-2-4-11-10(8)6-5-9(7-13)12-11/h2-7H,1H3. The Morgan fingerprint density at radius 3 is 2.85 bits per heavy atom. The molecule has 13 heavy (non-hydrogen) atoms. The van der Waals surface area contributed by atoms with Crippen molar-refractivity contribution in [2.75, 3.05) is 0 Å². The van der Waals surface area contributed by atoms with Crippen molar-refractivity contribution in [1.29, 1.82) is 0 Å². The molecule has 0 fully saturated rings. The molecule has 2 aromatic rings. The summed E-state index contributed by atoms with van der Waals surface area (Å²) in [6, 6.07) is 9.56. The molecule has 0 radical (unpaired) electrons. The molecule has 2 heteroatoms. The van der Waals surface area contributed by atoms with E-state index in [9.17, 15) is 4.79 Å². The van der Waals surface area contributed by atoms with Gasteiger partial charge >= 0.3 is 0 Å². The third-order valence-corrected chi connectivity index (χ3v) is 2.09. The van der Waals surface area contributed by atoms with Gasteiger partial charge in [0, 0.05) is 5.39 Å². The summed E-state index contributed by atoms with van der Waals surface area (Å²) in [7, 11) is 0. The second kappa shape index (κ2) is 2.98. The number of hydrogen-bond donors (Lipinski definition) is 0. The quantitative estimate of drug-likeness (QED) is 0.616. The van der Waals surface area contributed by atoms with Gasteiger partial charge in [-0.25, -0.2) is 4.98 Å². The minimum absolute atomic E-state index is 0.484. The van der Waals surface area contributed by atoms with Gasteiger partial charge in [0.15, 0.2) is 6.29 Å². The van der Waals surface area contributed by atoms with Crippen LogP contribution in [-0.2, 0) is 0 Å². The van der Waals surface area contributed by atoms with Gasteiger partial charge in [-0.15, -0.1) is 0 Å². The van der Waals surface area contributed by atoms with Gasteiger partial charge in [0.1, 0.15) is 5.69 Å². The maximum Gasteiger partial charge on any atom is 0.168 e. The predicted octanol–water partition coefficient (Wildman–Crippen LogP) is 2.36.